The Morgan fingerprint density at radius 2 is 1.58 bits per heavy atom. The quantitative estimate of drug-likeness (QED) is 0.112. The first-order chi connectivity index (χ1) is 28.0. The predicted molar refractivity (Wildman–Crippen MR) is 217 cm³/mol. The molecule has 2 unspecified atom stereocenters. The Labute approximate surface area is 349 Å². The van der Waals surface area contributed by atoms with Gasteiger partial charge in [0.2, 0.25) is 39.4 Å². The smallest absolute Gasteiger partial charge is 0.407 e. The third-order valence-electron chi connectivity index (χ3n) is 10.1. The number of nitrogens with zero attached hydrogens (tertiary/aromatic N) is 1. The number of halogens is 1. The fourth-order valence-electron chi connectivity index (χ4n) is 7.16. The van der Waals surface area contributed by atoms with E-state index < -0.39 is 88.2 Å². The number of primary amides is 1. The zero-order chi connectivity index (χ0) is 43.3. The van der Waals surface area contributed by atoms with E-state index in [0.29, 0.717) is 29.8 Å². The lowest BCUT2D eigenvalue weighted by Crippen LogP contribution is -2.58. The van der Waals surface area contributed by atoms with Gasteiger partial charge >= 0.3 is 6.09 Å². The van der Waals surface area contributed by atoms with Crippen LogP contribution in [0.1, 0.15) is 83.7 Å². The second kappa shape index (κ2) is 21.8. The van der Waals surface area contributed by atoms with Crippen LogP contribution in [0.15, 0.2) is 59.5 Å². The zero-order valence-corrected chi connectivity index (χ0v) is 35.0. The van der Waals surface area contributed by atoms with E-state index in [1.165, 1.54) is 29.2 Å². The minimum absolute atomic E-state index is 0.00316. The van der Waals surface area contributed by atoms with Crippen LogP contribution in [0, 0.1) is 11.8 Å². The molecule has 0 aromatic heterocycles. The van der Waals surface area contributed by atoms with Crippen molar-refractivity contribution in [2.45, 2.75) is 107 Å². The van der Waals surface area contributed by atoms with E-state index in [1.54, 1.807) is 37.3 Å². The van der Waals surface area contributed by atoms with E-state index >= 15 is 0 Å². The summed E-state index contributed by atoms with van der Waals surface area (Å²) in [5, 5.41) is 10.3. The Balaban J connectivity index is 1.54. The molecular formula is C40H54ClN7O10S. The predicted octanol–water partition coefficient (Wildman–Crippen LogP) is 2.23. The molecule has 1 heterocycles. The Morgan fingerprint density at radius 3 is 2.19 bits per heavy atom. The number of carbonyl (C=O) groups excluding carboxylic acids is 7. The Kier molecular flexibility index (Phi) is 17.2. The molecule has 17 nitrogen and oxygen atoms in total. The van der Waals surface area contributed by atoms with Gasteiger partial charge in [-0.05, 0) is 67.3 Å². The number of carbonyl (C=O) groups is 7. The number of hydrogen-bond acceptors (Lipinski definition) is 10. The summed E-state index contributed by atoms with van der Waals surface area (Å²) in [5.74, 6) is -5.65. The van der Waals surface area contributed by atoms with E-state index in [2.05, 4.69) is 26.0 Å². The first-order valence-electron chi connectivity index (χ1n) is 19.8. The molecule has 1 saturated heterocycles. The number of likely N-dealkylation sites (tertiary alicyclic amines) is 1. The number of hydrogen-bond donors (Lipinski definition) is 6. The van der Waals surface area contributed by atoms with Crippen LogP contribution in [0.25, 0.3) is 0 Å². The van der Waals surface area contributed by atoms with Gasteiger partial charge in [-0.15, -0.1) is 0 Å². The molecule has 4 rings (SSSR count). The van der Waals surface area contributed by atoms with E-state index in [4.69, 9.17) is 22.1 Å². The number of ketones is 1. The molecule has 5 atom stereocenters. The number of sulfonamides is 1. The fourth-order valence-corrected chi connectivity index (χ4v) is 8.53. The molecule has 2 aromatic rings. The van der Waals surface area contributed by atoms with Gasteiger partial charge in [0.05, 0.1) is 24.1 Å². The van der Waals surface area contributed by atoms with Gasteiger partial charge in [0.25, 0.3) is 5.91 Å². The highest BCUT2D eigenvalue weighted by Crippen LogP contribution is 2.30. The van der Waals surface area contributed by atoms with Crippen molar-refractivity contribution in [1.29, 1.82) is 0 Å². The molecule has 0 radical (unpaired) electrons. The molecule has 1 aliphatic carbocycles. The van der Waals surface area contributed by atoms with Crippen molar-refractivity contribution < 1.29 is 46.7 Å². The second-order valence-corrected chi connectivity index (χ2v) is 17.4. The number of Topliss-reactive ketones (excluding diaryl/α,β-unsaturated/α-hetero) is 1. The number of nitrogens with two attached hydrogens (primary N) is 1. The Bertz CT molecular complexity index is 1930. The molecule has 0 spiro atoms. The molecule has 1 aliphatic heterocycles. The van der Waals surface area contributed by atoms with Gasteiger partial charge in [-0.2, -0.15) is 0 Å². The van der Waals surface area contributed by atoms with Crippen LogP contribution in [0.3, 0.4) is 0 Å². The molecular weight excluding hydrogens is 806 g/mol. The lowest BCUT2D eigenvalue weighted by Gasteiger charge is -2.34. The molecule has 6 amide bonds. The van der Waals surface area contributed by atoms with Gasteiger partial charge in [0.1, 0.15) is 18.1 Å². The van der Waals surface area contributed by atoms with Crippen LogP contribution >= 0.6 is 11.6 Å². The van der Waals surface area contributed by atoms with E-state index in [0.717, 1.165) is 19.3 Å². The maximum Gasteiger partial charge on any atom is 0.407 e. The normalized spacial score (nSPS) is 18.6. The summed E-state index contributed by atoms with van der Waals surface area (Å²) >= 11 is 5.97. The van der Waals surface area contributed by atoms with Gasteiger partial charge in [-0.3, -0.25) is 28.8 Å². The highest BCUT2D eigenvalue weighted by atomic mass is 35.5. The van der Waals surface area contributed by atoms with Crippen LogP contribution in [-0.2, 0) is 43.5 Å². The molecule has 2 fully saturated rings. The third-order valence-corrected chi connectivity index (χ3v) is 11.9. The molecule has 322 valence electrons. The summed E-state index contributed by atoms with van der Waals surface area (Å²) < 4.78 is 34.8. The first-order valence-corrected chi connectivity index (χ1v) is 21.6. The van der Waals surface area contributed by atoms with Crippen molar-refractivity contribution >= 4 is 63.0 Å². The maximum absolute atomic E-state index is 14.5. The van der Waals surface area contributed by atoms with Crippen molar-refractivity contribution in [3.05, 3.63) is 65.2 Å². The Hall–Kier alpha value is -5.07. The largest absolute Gasteiger partial charge is 0.449 e. The summed E-state index contributed by atoms with van der Waals surface area (Å²) in [5.41, 5.74) is 5.88. The topological polar surface area (TPSA) is 252 Å². The summed E-state index contributed by atoms with van der Waals surface area (Å²) in [6.45, 7) is 4.60. The van der Waals surface area contributed by atoms with E-state index in [9.17, 15) is 42.0 Å². The second-order valence-electron chi connectivity index (χ2n) is 15.2. The van der Waals surface area contributed by atoms with Crippen molar-refractivity contribution in [2.75, 3.05) is 19.7 Å². The molecule has 19 heteroatoms. The number of amides is 6. The molecule has 0 bridgehead atoms. The van der Waals surface area contributed by atoms with Gasteiger partial charge in [-0.1, -0.05) is 88.4 Å². The van der Waals surface area contributed by atoms with E-state index in [1.807, 2.05) is 13.8 Å². The van der Waals surface area contributed by atoms with E-state index in [-0.39, 0.29) is 42.7 Å². The number of nitrogens with one attached hydrogen (secondary N) is 5. The van der Waals surface area contributed by atoms with Crippen molar-refractivity contribution in [3.8, 4) is 0 Å². The average Bonchev–Trinajstić information content (AvgIpc) is 3.63. The molecule has 2 aliphatic rings. The maximum atomic E-state index is 14.5. The number of ether oxygens (including phenoxy) is 1. The summed E-state index contributed by atoms with van der Waals surface area (Å²) in [6, 6.07) is 7.63. The van der Waals surface area contributed by atoms with Crippen LogP contribution in [0.5, 0.6) is 0 Å². The van der Waals surface area contributed by atoms with Crippen molar-refractivity contribution in [1.82, 2.24) is 30.9 Å². The summed E-state index contributed by atoms with van der Waals surface area (Å²) in [6.07, 6.45) is 3.14. The van der Waals surface area contributed by atoms with Crippen molar-refractivity contribution in [2.24, 2.45) is 17.6 Å². The van der Waals surface area contributed by atoms with Crippen LogP contribution in [0.4, 0.5) is 4.79 Å². The highest BCUT2D eigenvalue weighted by molar-refractivity contribution is 7.89. The fraction of sp³-hybridized carbons (Fsp3) is 0.525. The average molecular weight is 860 g/mol. The van der Waals surface area contributed by atoms with Gasteiger partial charge in [-0.25, -0.2) is 17.9 Å². The molecule has 1 saturated carbocycles. The number of alkyl carbamates (subject to hydrolysis) is 1. The van der Waals surface area contributed by atoms with Crippen LogP contribution in [-0.4, -0.2) is 98.6 Å². The van der Waals surface area contributed by atoms with Crippen LogP contribution < -0.4 is 31.7 Å². The zero-order valence-electron chi connectivity index (χ0n) is 33.4. The van der Waals surface area contributed by atoms with Gasteiger partial charge in [0.15, 0.2) is 0 Å². The number of benzene rings is 2. The summed E-state index contributed by atoms with van der Waals surface area (Å²) in [4.78, 5) is 94.1. The molecule has 59 heavy (non-hydrogen) atoms. The number of rotatable bonds is 19. The summed E-state index contributed by atoms with van der Waals surface area (Å²) in [7, 11) is -4.17. The minimum Gasteiger partial charge on any atom is -0.449 e. The molecule has 7 N–H and O–H groups in total. The minimum atomic E-state index is -4.17. The Morgan fingerprint density at radius 1 is 0.915 bits per heavy atom. The first kappa shape index (κ1) is 46.6. The van der Waals surface area contributed by atoms with Gasteiger partial charge in [0, 0.05) is 17.6 Å². The lowest BCUT2D eigenvalue weighted by molar-refractivity contribution is -0.143. The molecule has 2 aromatic carbocycles. The highest BCUT2D eigenvalue weighted by Gasteiger charge is 2.46. The SMILES string of the molecule is CCCC(NC(=O)C1C[C@@H](NS(=O)(=O)c2ccc(Cl)cc2)CN1C(=O)[C@@H](NC(=O)OCC(C)C)C1CCCCC1)C(=O)C(=O)NCC(=O)N[C@H](C(N)=O)c1ccccc1. The standard InChI is InChI=1S/C40H54ClN7O10S/c1-4-11-30(35(50)38(53)43-21-32(49)45-33(36(42)51)25-12-7-5-8-13-25)44-37(52)31-20-28(47-59(56,57)29-18-16-27(41)17-19-29)22-48(31)39(54)34(26-14-9-6-10-15-26)46-40(55)58-23-24(2)3/h5,7-8,12-13,16-19,24,26,28,30-31,33-34,47H,4,6,9-11,14-15,20-23H2,1-3H3,(H2,42,51)(H,43,53)(H,44,52)(H,45,49)(H,46,55)/t28-,30?,31?,33+,34+/m1/s1. The monoisotopic (exact) mass is 859 g/mol. The van der Waals surface area contributed by atoms with Crippen LogP contribution in [0.2, 0.25) is 5.02 Å². The third kappa shape index (κ3) is 13.5. The van der Waals surface area contributed by atoms with Gasteiger partial charge < -0.3 is 36.6 Å². The lowest BCUT2D eigenvalue weighted by atomic mass is 9.83. The van der Waals surface area contributed by atoms with Crippen molar-refractivity contribution in [3.63, 3.8) is 0 Å².